The van der Waals surface area contributed by atoms with Crippen LogP contribution in [0.1, 0.15) is 46.0 Å². The van der Waals surface area contributed by atoms with Gasteiger partial charge in [-0.3, -0.25) is 4.79 Å². The minimum atomic E-state index is -0.405. The summed E-state index contributed by atoms with van der Waals surface area (Å²) in [6, 6.07) is -0.405. The summed E-state index contributed by atoms with van der Waals surface area (Å²) in [5, 5.41) is 0. The highest BCUT2D eigenvalue weighted by atomic mass is 16.5. The van der Waals surface area contributed by atoms with E-state index >= 15 is 0 Å². The van der Waals surface area contributed by atoms with Crippen LogP contribution in [0.15, 0.2) is 0 Å². The number of hydrogen-bond acceptors (Lipinski definition) is 4. The number of carbonyl (C=O) groups excluding carboxylic acids is 2. The largest absolute Gasteiger partial charge is 0.467 e. The van der Waals surface area contributed by atoms with Gasteiger partial charge in [0.25, 0.3) is 0 Å². The third-order valence-corrected chi connectivity index (χ3v) is 3.28. The van der Waals surface area contributed by atoms with Gasteiger partial charge >= 0.3 is 5.97 Å². The molecule has 5 nitrogen and oxygen atoms in total. The number of ether oxygens (including phenoxy) is 1. The molecule has 1 heterocycles. The van der Waals surface area contributed by atoms with Crippen molar-refractivity contribution >= 4 is 11.9 Å². The van der Waals surface area contributed by atoms with Crippen molar-refractivity contribution in [3.05, 3.63) is 0 Å². The summed E-state index contributed by atoms with van der Waals surface area (Å²) in [6.07, 6.45) is 3.62. The number of nitrogens with two attached hydrogens (primary N) is 1. The average Bonchev–Trinajstić information content (AvgIpc) is 2.34. The Hall–Kier alpha value is -1.10. The first kappa shape index (κ1) is 15.0. The van der Waals surface area contributed by atoms with E-state index in [2.05, 4.69) is 0 Å². The van der Waals surface area contributed by atoms with Crippen molar-refractivity contribution in [2.45, 2.75) is 57.5 Å². The smallest absolute Gasteiger partial charge is 0.328 e. The molecule has 1 amide bonds. The highest BCUT2D eigenvalue weighted by molar-refractivity contribution is 5.84. The Morgan fingerprint density at radius 1 is 1.39 bits per heavy atom. The zero-order valence-corrected chi connectivity index (χ0v) is 11.6. The zero-order chi connectivity index (χ0) is 13.8. The van der Waals surface area contributed by atoms with Gasteiger partial charge in [-0.25, -0.2) is 4.79 Å². The maximum Gasteiger partial charge on any atom is 0.328 e. The summed E-state index contributed by atoms with van der Waals surface area (Å²) in [5.74, 6) is -0.307. The van der Waals surface area contributed by atoms with Crippen molar-refractivity contribution in [2.24, 2.45) is 5.73 Å². The fourth-order valence-electron chi connectivity index (χ4n) is 2.18. The first-order valence-electron chi connectivity index (χ1n) is 6.51. The maximum atomic E-state index is 12.1. The lowest BCUT2D eigenvalue weighted by molar-refractivity contribution is -0.154. The second kappa shape index (κ2) is 6.18. The summed E-state index contributed by atoms with van der Waals surface area (Å²) < 4.78 is 4.76. The molecule has 104 valence electrons. The molecule has 1 saturated heterocycles. The van der Waals surface area contributed by atoms with Crippen LogP contribution < -0.4 is 5.73 Å². The third-order valence-electron chi connectivity index (χ3n) is 3.28. The molecule has 18 heavy (non-hydrogen) atoms. The summed E-state index contributed by atoms with van der Waals surface area (Å²) in [6.45, 7) is 4.44. The third kappa shape index (κ3) is 4.29. The number of hydrogen-bond donors (Lipinski definition) is 1. The number of likely N-dealkylation sites (tertiary alicyclic amines) is 1. The molecule has 0 bridgehead atoms. The summed E-state index contributed by atoms with van der Waals surface area (Å²) in [5.41, 5.74) is 5.52. The van der Waals surface area contributed by atoms with Gasteiger partial charge in [0.1, 0.15) is 6.04 Å². The monoisotopic (exact) mass is 256 g/mol. The van der Waals surface area contributed by atoms with Crippen molar-refractivity contribution in [1.82, 2.24) is 4.90 Å². The Bertz CT molecular complexity index is 310. The van der Waals surface area contributed by atoms with E-state index in [1.807, 2.05) is 13.8 Å². The SMILES string of the molecule is COC(=O)C1CCCCN1C(=O)CCC(C)(C)N. The fourth-order valence-corrected chi connectivity index (χ4v) is 2.18. The van der Waals surface area contributed by atoms with Crippen LogP contribution in [0.4, 0.5) is 0 Å². The molecule has 0 radical (unpaired) electrons. The van der Waals surface area contributed by atoms with Crippen molar-refractivity contribution in [3.63, 3.8) is 0 Å². The number of rotatable bonds is 4. The molecular weight excluding hydrogens is 232 g/mol. The van der Waals surface area contributed by atoms with Gasteiger partial charge in [-0.05, 0) is 39.5 Å². The minimum absolute atomic E-state index is 0.00336. The molecule has 1 aliphatic heterocycles. The molecule has 1 fully saturated rings. The van der Waals surface area contributed by atoms with Crippen molar-refractivity contribution in [3.8, 4) is 0 Å². The number of nitrogens with zero attached hydrogens (tertiary/aromatic N) is 1. The van der Waals surface area contributed by atoms with E-state index in [4.69, 9.17) is 10.5 Å². The van der Waals surface area contributed by atoms with Crippen LogP contribution in [0.3, 0.4) is 0 Å². The quantitative estimate of drug-likeness (QED) is 0.763. The van der Waals surface area contributed by atoms with Crippen molar-refractivity contribution < 1.29 is 14.3 Å². The van der Waals surface area contributed by atoms with E-state index in [0.29, 0.717) is 25.8 Å². The molecule has 1 unspecified atom stereocenters. The molecule has 0 aromatic carbocycles. The average molecular weight is 256 g/mol. The van der Waals surface area contributed by atoms with E-state index in [0.717, 1.165) is 12.8 Å². The summed E-state index contributed by atoms with van der Waals surface area (Å²) >= 11 is 0. The number of methoxy groups -OCH3 is 1. The molecule has 0 saturated carbocycles. The van der Waals surface area contributed by atoms with E-state index < -0.39 is 6.04 Å². The van der Waals surface area contributed by atoms with Crippen LogP contribution >= 0.6 is 0 Å². The normalized spacial score (nSPS) is 20.7. The predicted octanol–water partition coefficient (Wildman–Crippen LogP) is 1.06. The number of amides is 1. The van der Waals surface area contributed by atoms with Gasteiger partial charge < -0.3 is 15.4 Å². The molecule has 1 atom stereocenters. The van der Waals surface area contributed by atoms with Gasteiger partial charge in [-0.1, -0.05) is 0 Å². The van der Waals surface area contributed by atoms with Crippen LogP contribution in [0.25, 0.3) is 0 Å². The standard InChI is InChI=1S/C13H24N2O3/c1-13(2,14)8-7-11(16)15-9-5-4-6-10(15)12(17)18-3/h10H,4-9,14H2,1-3H3. The van der Waals surface area contributed by atoms with Gasteiger partial charge in [0.2, 0.25) is 5.91 Å². The lowest BCUT2D eigenvalue weighted by atomic mass is 9.97. The van der Waals surface area contributed by atoms with Gasteiger partial charge in [-0.15, -0.1) is 0 Å². The number of carbonyl (C=O) groups is 2. The Labute approximate surface area is 109 Å². The zero-order valence-electron chi connectivity index (χ0n) is 11.6. The van der Waals surface area contributed by atoms with Crippen LogP contribution in [0.5, 0.6) is 0 Å². The first-order valence-corrected chi connectivity index (χ1v) is 6.51. The van der Waals surface area contributed by atoms with Gasteiger partial charge in [0.15, 0.2) is 0 Å². The second-order valence-corrected chi connectivity index (χ2v) is 5.61. The molecule has 1 rings (SSSR count). The summed E-state index contributed by atoms with van der Waals surface area (Å²) in [4.78, 5) is 25.4. The van der Waals surface area contributed by atoms with E-state index in [-0.39, 0.29) is 17.4 Å². The summed E-state index contributed by atoms with van der Waals surface area (Å²) in [7, 11) is 1.36. The lowest BCUT2D eigenvalue weighted by Gasteiger charge is -2.34. The first-order chi connectivity index (χ1) is 8.35. The fraction of sp³-hybridized carbons (Fsp3) is 0.846. The predicted molar refractivity (Wildman–Crippen MR) is 68.9 cm³/mol. The molecule has 2 N–H and O–H groups in total. The molecule has 0 aromatic rings. The van der Waals surface area contributed by atoms with Gasteiger partial charge in [0, 0.05) is 18.5 Å². The van der Waals surface area contributed by atoms with E-state index in [9.17, 15) is 9.59 Å². The van der Waals surface area contributed by atoms with E-state index in [1.54, 1.807) is 4.90 Å². The molecule has 0 aliphatic carbocycles. The van der Waals surface area contributed by atoms with Gasteiger partial charge in [0.05, 0.1) is 7.11 Å². The minimum Gasteiger partial charge on any atom is -0.467 e. The van der Waals surface area contributed by atoms with Crippen LogP contribution in [-0.4, -0.2) is 42.0 Å². The van der Waals surface area contributed by atoms with Crippen LogP contribution in [0.2, 0.25) is 0 Å². The molecule has 1 aliphatic rings. The Morgan fingerprint density at radius 3 is 2.61 bits per heavy atom. The van der Waals surface area contributed by atoms with Crippen LogP contribution in [-0.2, 0) is 14.3 Å². The van der Waals surface area contributed by atoms with Crippen LogP contribution in [0, 0.1) is 0 Å². The topological polar surface area (TPSA) is 72.6 Å². The molecular formula is C13H24N2O3. The Balaban J connectivity index is 2.60. The number of piperidine rings is 1. The Kier molecular flexibility index (Phi) is 5.14. The van der Waals surface area contributed by atoms with Crippen molar-refractivity contribution in [1.29, 1.82) is 0 Å². The maximum absolute atomic E-state index is 12.1. The van der Waals surface area contributed by atoms with Gasteiger partial charge in [-0.2, -0.15) is 0 Å². The van der Waals surface area contributed by atoms with E-state index in [1.165, 1.54) is 7.11 Å². The highest BCUT2D eigenvalue weighted by Gasteiger charge is 2.32. The number of esters is 1. The molecule has 0 spiro atoms. The lowest BCUT2D eigenvalue weighted by Crippen LogP contribution is -2.49. The molecule has 5 heteroatoms. The van der Waals surface area contributed by atoms with Crippen molar-refractivity contribution in [2.75, 3.05) is 13.7 Å². The Morgan fingerprint density at radius 2 is 2.06 bits per heavy atom. The molecule has 0 aromatic heterocycles. The highest BCUT2D eigenvalue weighted by Crippen LogP contribution is 2.20. The second-order valence-electron chi connectivity index (χ2n) is 5.61.